The van der Waals surface area contributed by atoms with Crippen molar-refractivity contribution in [1.82, 2.24) is 5.32 Å². The molecule has 3 nitrogen and oxygen atoms in total. The molecule has 0 amide bonds. The molecule has 0 saturated carbocycles. The van der Waals surface area contributed by atoms with Gasteiger partial charge < -0.3 is 14.8 Å². The summed E-state index contributed by atoms with van der Waals surface area (Å²) in [4.78, 5) is 0. The van der Waals surface area contributed by atoms with E-state index in [9.17, 15) is 4.39 Å². The van der Waals surface area contributed by atoms with Crippen LogP contribution < -0.4 is 14.8 Å². The lowest BCUT2D eigenvalue weighted by molar-refractivity contribution is 0.354. The van der Waals surface area contributed by atoms with Crippen molar-refractivity contribution in [1.29, 1.82) is 0 Å². The molecule has 0 spiro atoms. The molecule has 0 aliphatic rings. The predicted molar refractivity (Wildman–Crippen MR) is 84.5 cm³/mol. The predicted octanol–water partition coefficient (Wildman–Crippen LogP) is 3.91. The summed E-state index contributed by atoms with van der Waals surface area (Å²) in [5.74, 6) is 1.07. The van der Waals surface area contributed by atoms with Gasteiger partial charge in [0.2, 0.25) is 0 Å². The molecule has 2 rings (SSSR count). The average molecular weight is 354 g/mol. The summed E-state index contributed by atoms with van der Waals surface area (Å²) in [5.41, 5.74) is 1.95. The number of halogens is 2. The zero-order chi connectivity index (χ0) is 15.4. The molecule has 112 valence electrons. The fourth-order valence-corrected chi connectivity index (χ4v) is 2.85. The Morgan fingerprint density at radius 1 is 1.05 bits per heavy atom. The highest BCUT2D eigenvalue weighted by atomic mass is 79.9. The molecule has 1 atom stereocenters. The largest absolute Gasteiger partial charge is 0.493 e. The topological polar surface area (TPSA) is 30.5 Å². The first-order valence-electron chi connectivity index (χ1n) is 6.44. The van der Waals surface area contributed by atoms with Crippen LogP contribution in [0.4, 0.5) is 4.39 Å². The van der Waals surface area contributed by atoms with E-state index in [0.29, 0.717) is 11.5 Å². The number of hydrogen-bond acceptors (Lipinski definition) is 3. The van der Waals surface area contributed by atoms with Crippen LogP contribution in [0.5, 0.6) is 11.5 Å². The summed E-state index contributed by atoms with van der Waals surface area (Å²) < 4.78 is 24.5. The van der Waals surface area contributed by atoms with Crippen LogP contribution >= 0.6 is 15.9 Å². The maximum Gasteiger partial charge on any atom is 0.161 e. The fourth-order valence-electron chi connectivity index (χ4n) is 2.27. The Labute approximate surface area is 132 Å². The molecule has 5 heteroatoms. The number of benzene rings is 2. The molecule has 0 saturated heterocycles. The van der Waals surface area contributed by atoms with E-state index in [-0.39, 0.29) is 11.9 Å². The van der Waals surface area contributed by atoms with Crippen LogP contribution in [0.15, 0.2) is 40.9 Å². The lowest BCUT2D eigenvalue weighted by Gasteiger charge is -2.20. The maximum atomic E-state index is 13.2. The second-order valence-corrected chi connectivity index (χ2v) is 5.36. The number of rotatable bonds is 5. The van der Waals surface area contributed by atoms with Gasteiger partial charge in [-0.2, -0.15) is 0 Å². The Morgan fingerprint density at radius 3 is 2.33 bits per heavy atom. The third-order valence-corrected chi connectivity index (χ3v) is 3.99. The van der Waals surface area contributed by atoms with Gasteiger partial charge in [0.1, 0.15) is 5.82 Å². The van der Waals surface area contributed by atoms with Crippen LogP contribution in [-0.2, 0) is 0 Å². The van der Waals surface area contributed by atoms with Crippen molar-refractivity contribution in [3.8, 4) is 11.5 Å². The van der Waals surface area contributed by atoms with E-state index in [2.05, 4.69) is 21.2 Å². The zero-order valence-corrected chi connectivity index (χ0v) is 13.7. The van der Waals surface area contributed by atoms with Gasteiger partial charge in [-0.25, -0.2) is 4.39 Å². The summed E-state index contributed by atoms with van der Waals surface area (Å²) in [6.07, 6.45) is 0. The van der Waals surface area contributed by atoms with Gasteiger partial charge in [0.05, 0.1) is 20.3 Å². The van der Waals surface area contributed by atoms with E-state index >= 15 is 0 Å². The summed E-state index contributed by atoms with van der Waals surface area (Å²) in [6, 6.07) is 10.3. The minimum absolute atomic E-state index is 0.0835. The molecule has 0 fully saturated rings. The van der Waals surface area contributed by atoms with E-state index in [1.165, 1.54) is 12.1 Å². The molecule has 0 heterocycles. The molecule has 21 heavy (non-hydrogen) atoms. The van der Waals surface area contributed by atoms with E-state index in [1.54, 1.807) is 20.3 Å². The van der Waals surface area contributed by atoms with E-state index < -0.39 is 0 Å². The summed E-state index contributed by atoms with van der Waals surface area (Å²) >= 11 is 3.41. The van der Waals surface area contributed by atoms with Crippen molar-refractivity contribution in [2.45, 2.75) is 6.04 Å². The van der Waals surface area contributed by atoms with Crippen molar-refractivity contribution in [2.75, 3.05) is 21.3 Å². The molecular formula is C16H17BrFNO2. The number of methoxy groups -OCH3 is 2. The Balaban J connectivity index is 2.46. The highest BCUT2D eigenvalue weighted by Gasteiger charge is 2.17. The molecule has 0 aromatic heterocycles. The minimum Gasteiger partial charge on any atom is -0.493 e. The van der Waals surface area contributed by atoms with Gasteiger partial charge in [0, 0.05) is 4.47 Å². The quantitative estimate of drug-likeness (QED) is 0.883. The van der Waals surface area contributed by atoms with Gasteiger partial charge >= 0.3 is 0 Å². The lowest BCUT2D eigenvalue weighted by Crippen LogP contribution is -2.18. The third kappa shape index (κ3) is 3.36. The highest BCUT2D eigenvalue weighted by molar-refractivity contribution is 9.10. The van der Waals surface area contributed by atoms with E-state index in [4.69, 9.17) is 9.47 Å². The van der Waals surface area contributed by atoms with Crippen molar-refractivity contribution in [3.05, 3.63) is 57.8 Å². The summed E-state index contributed by atoms with van der Waals surface area (Å²) in [5, 5.41) is 3.23. The highest BCUT2D eigenvalue weighted by Crippen LogP contribution is 2.34. The van der Waals surface area contributed by atoms with Crippen LogP contribution in [-0.4, -0.2) is 21.3 Å². The normalized spacial score (nSPS) is 12.0. The first-order valence-corrected chi connectivity index (χ1v) is 7.24. The molecule has 0 radical (unpaired) electrons. The first kappa shape index (κ1) is 15.8. The second-order valence-electron chi connectivity index (χ2n) is 4.50. The van der Waals surface area contributed by atoms with Crippen LogP contribution in [0.3, 0.4) is 0 Å². The zero-order valence-electron chi connectivity index (χ0n) is 12.1. The van der Waals surface area contributed by atoms with E-state index in [1.807, 2.05) is 25.2 Å². The van der Waals surface area contributed by atoms with Crippen LogP contribution in [0.1, 0.15) is 17.2 Å². The van der Waals surface area contributed by atoms with Crippen molar-refractivity contribution in [2.24, 2.45) is 0 Å². The van der Waals surface area contributed by atoms with Gasteiger partial charge in [0.15, 0.2) is 11.5 Å². The monoisotopic (exact) mass is 353 g/mol. The Hall–Kier alpha value is -1.59. The maximum absolute atomic E-state index is 13.2. The van der Waals surface area contributed by atoms with Gasteiger partial charge in [0.25, 0.3) is 0 Å². The minimum atomic E-state index is -0.271. The molecule has 0 bridgehead atoms. The van der Waals surface area contributed by atoms with Crippen LogP contribution in [0.25, 0.3) is 0 Å². The smallest absolute Gasteiger partial charge is 0.161 e. The van der Waals surface area contributed by atoms with Gasteiger partial charge in [-0.05, 0) is 42.4 Å². The molecule has 2 aromatic rings. The van der Waals surface area contributed by atoms with Gasteiger partial charge in [-0.1, -0.05) is 28.1 Å². The van der Waals surface area contributed by atoms with Gasteiger partial charge in [-0.3, -0.25) is 0 Å². The van der Waals surface area contributed by atoms with E-state index in [0.717, 1.165) is 15.6 Å². The van der Waals surface area contributed by atoms with Crippen molar-refractivity contribution < 1.29 is 13.9 Å². The molecule has 1 unspecified atom stereocenters. The van der Waals surface area contributed by atoms with Crippen molar-refractivity contribution in [3.63, 3.8) is 0 Å². The van der Waals surface area contributed by atoms with Crippen LogP contribution in [0.2, 0.25) is 0 Å². The lowest BCUT2D eigenvalue weighted by atomic mass is 9.98. The third-order valence-electron chi connectivity index (χ3n) is 3.30. The standard InChI is InChI=1S/C16H17BrFNO2/c1-19-16(12-6-5-11(18)9-13(12)17)10-4-7-14(20-2)15(8-10)21-3/h4-9,16,19H,1-3H3. The number of nitrogens with one attached hydrogen (secondary N) is 1. The summed E-state index contributed by atoms with van der Waals surface area (Å²) in [6.45, 7) is 0. The number of hydrogen-bond donors (Lipinski definition) is 1. The van der Waals surface area contributed by atoms with Crippen molar-refractivity contribution >= 4 is 15.9 Å². The second kappa shape index (κ2) is 6.91. The molecule has 2 aromatic carbocycles. The Morgan fingerprint density at radius 2 is 1.76 bits per heavy atom. The molecule has 1 N–H and O–H groups in total. The first-order chi connectivity index (χ1) is 10.1. The molecular weight excluding hydrogens is 337 g/mol. The SMILES string of the molecule is CNC(c1ccc(OC)c(OC)c1)c1ccc(F)cc1Br. The van der Waals surface area contributed by atoms with Gasteiger partial charge in [-0.15, -0.1) is 0 Å². The average Bonchev–Trinajstić information content (AvgIpc) is 2.49. The fraction of sp³-hybridized carbons (Fsp3) is 0.250. The molecule has 0 aliphatic heterocycles. The summed E-state index contributed by atoms with van der Waals surface area (Å²) in [7, 11) is 5.06. The number of ether oxygens (including phenoxy) is 2. The van der Waals surface area contributed by atoms with Crippen LogP contribution in [0, 0.1) is 5.82 Å². The Bertz CT molecular complexity index is 634. The Kier molecular flexibility index (Phi) is 5.20. The molecule has 0 aliphatic carbocycles.